The molecule has 76 valence electrons. The lowest BCUT2D eigenvalue weighted by molar-refractivity contribution is 0.102. The van der Waals surface area contributed by atoms with Gasteiger partial charge in [-0.1, -0.05) is 6.07 Å². The number of anilines is 1. The molecule has 0 aliphatic heterocycles. The van der Waals surface area contributed by atoms with Crippen LogP contribution in [-0.4, -0.2) is 10.9 Å². The molecule has 0 atom stereocenters. The van der Waals surface area contributed by atoms with E-state index in [9.17, 15) is 4.79 Å². The molecule has 2 heterocycles. The first kappa shape index (κ1) is 10.3. The number of nitrogens with zero attached hydrogens (tertiary/aromatic N) is 1. The van der Waals surface area contributed by atoms with Crippen LogP contribution in [0.25, 0.3) is 0 Å². The summed E-state index contributed by atoms with van der Waals surface area (Å²) in [5.74, 6) is 0.415. The fourth-order valence-corrected chi connectivity index (χ4v) is 2.51. The standard InChI is InChI=1S/C10H7BrN2OS/c11-7-4-6-15-9(7)10(14)13-8-3-1-2-5-12-8/h1-6H,(H,12,13,14). The van der Waals surface area contributed by atoms with E-state index in [4.69, 9.17) is 0 Å². The van der Waals surface area contributed by atoms with Crippen LogP contribution in [0, 0.1) is 0 Å². The number of carbonyl (C=O) groups is 1. The van der Waals surface area contributed by atoms with Crippen molar-refractivity contribution in [1.82, 2.24) is 4.98 Å². The van der Waals surface area contributed by atoms with Crippen LogP contribution >= 0.6 is 27.3 Å². The van der Waals surface area contributed by atoms with Gasteiger partial charge in [-0.05, 0) is 39.5 Å². The van der Waals surface area contributed by atoms with Gasteiger partial charge in [0, 0.05) is 10.7 Å². The molecule has 5 heteroatoms. The van der Waals surface area contributed by atoms with E-state index in [1.807, 2.05) is 17.5 Å². The van der Waals surface area contributed by atoms with Gasteiger partial charge in [0.2, 0.25) is 0 Å². The third-order valence-corrected chi connectivity index (χ3v) is 3.57. The molecule has 0 aliphatic carbocycles. The first-order valence-corrected chi connectivity index (χ1v) is 5.90. The highest BCUT2D eigenvalue weighted by atomic mass is 79.9. The van der Waals surface area contributed by atoms with E-state index in [2.05, 4.69) is 26.2 Å². The fourth-order valence-electron chi connectivity index (χ4n) is 1.07. The third-order valence-electron chi connectivity index (χ3n) is 1.73. The normalized spacial score (nSPS) is 9.93. The average Bonchev–Trinajstić information content (AvgIpc) is 2.66. The molecule has 2 rings (SSSR count). The molecule has 0 unspecified atom stereocenters. The number of pyridine rings is 1. The van der Waals surface area contributed by atoms with Gasteiger partial charge in [-0.3, -0.25) is 4.79 Å². The molecule has 0 spiro atoms. The maximum absolute atomic E-state index is 11.7. The minimum atomic E-state index is -0.143. The van der Waals surface area contributed by atoms with E-state index in [-0.39, 0.29) is 5.91 Å². The van der Waals surface area contributed by atoms with Crippen molar-refractivity contribution in [2.24, 2.45) is 0 Å². The first-order chi connectivity index (χ1) is 7.27. The van der Waals surface area contributed by atoms with Crippen molar-refractivity contribution in [3.8, 4) is 0 Å². The fraction of sp³-hybridized carbons (Fsp3) is 0. The maximum atomic E-state index is 11.7. The van der Waals surface area contributed by atoms with Crippen LogP contribution in [0.2, 0.25) is 0 Å². The molecule has 0 aromatic carbocycles. The van der Waals surface area contributed by atoms with Crippen molar-refractivity contribution in [3.05, 3.63) is 45.2 Å². The molecule has 0 radical (unpaired) electrons. The number of carbonyl (C=O) groups excluding carboxylic acids is 1. The SMILES string of the molecule is O=C(Nc1ccccn1)c1sccc1Br. The summed E-state index contributed by atoms with van der Waals surface area (Å²) >= 11 is 4.70. The van der Waals surface area contributed by atoms with Crippen LogP contribution in [0.1, 0.15) is 9.67 Å². The molecule has 0 bridgehead atoms. The van der Waals surface area contributed by atoms with Gasteiger partial charge in [0.05, 0.1) is 0 Å². The lowest BCUT2D eigenvalue weighted by Gasteiger charge is -2.01. The number of hydrogen-bond donors (Lipinski definition) is 1. The summed E-state index contributed by atoms with van der Waals surface area (Å²) in [4.78, 5) is 16.4. The van der Waals surface area contributed by atoms with Gasteiger partial charge in [-0.15, -0.1) is 11.3 Å². The van der Waals surface area contributed by atoms with E-state index in [0.717, 1.165) is 4.47 Å². The Morgan fingerprint density at radius 1 is 1.40 bits per heavy atom. The van der Waals surface area contributed by atoms with Gasteiger partial charge in [0.15, 0.2) is 0 Å². The number of aromatic nitrogens is 1. The number of amides is 1. The lowest BCUT2D eigenvalue weighted by Crippen LogP contribution is -2.11. The molecule has 2 aromatic rings. The lowest BCUT2D eigenvalue weighted by atomic mass is 10.4. The maximum Gasteiger partial charge on any atom is 0.268 e. The summed E-state index contributed by atoms with van der Waals surface area (Å²) in [5.41, 5.74) is 0. The van der Waals surface area contributed by atoms with E-state index in [1.54, 1.807) is 18.3 Å². The van der Waals surface area contributed by atoms with Crippen LogP contribution in [0.5, 0.6) is 0 Å². The summed E-state index contributed by atoms with van der Waals surface area (Å²) < 4.78 is 0.806. The Labute approximate surface area is 99.3 Å². The predicted molar refractivity (Wildman–Crippen MR) is 64.2 cm³/mol. The van der Waals surface area contributed by atoms with Crippen molar-refractivity contribution in [3.63, 3.8) is 0 Å². The number of hydrogen-bond acceptors (Lipinski definition) is 3. The summed E-state index contributed by atoms with van der Waals surface area (Å²) in [6.07, 6.45) is 1.64. The summed E-state index contributed by atoms with van der Waals surface area (Å²) in [7, 11) is 0. The molecule has 1 N–H and O–H groups in total. The minimum absolute atomic E-state index is 0.143. The smallest absolute Gasteiger partial charge is 0.268 e. The predicted octanol–water partition coefficient (Wildman–Crippen LogP) is 3.16. The molecule has 3 nitrogen and oxygen atoms in total. The summed E-state index contributed by atoms with van der Waals surface area (Å²) in [6.45, 7) is 0. The molecule has 0 saturated carbocycles. The van der Waals surface area contributed by atoms with E-state index in [1.165, 1.54) is 11.3 Å². The molecule has 0 saturated heterocycles. The molecule has 0 fully saturated rings. The minimum Gasteiger partial charge on any atom is -0.306 e. The van der Waals surface area contributed by atoms with Crippen LogP contribution in [0.15, 0.2) is 40.3 Å². The quantitative estimate of drug-likeness (QED) is 0.919. The largest absolute Gasteiger partial charge is 0.306 e. The second kappa shape index (κ2) is 4.55. The molecular weight excluding hydrogens is 276 g/mol. The zero-order valence-electron chi connectivity index (χ0n) is 7.61. The van der Waals surface area contributed by atoms with Crippen molar-refractivity contribution in [1.29, 1.82) is 0 Å². The van der Waals surface area contributed by atoms with Gasteiger partial charge in [-0.2, -0.15) is 0 Å². The van der Waals surface area contributed by atoms with Crippen molar-refractivity contribution in [2.75, 3.05) is 5.32 Å². The van der Waals surface area contributed by atoms with E-state index in [0.29, 0.717) is 10.7 Å². The van der Waals surface area contributed by atoms with E-state index >= 15 is 0 Å². The van der Waals surface area contributed by atoms with Gasteiger partial charge in [0.25, 0.3) is 5.91 Å². The Balaban J connectivity index is 2.15. The zero-order chi connectivity index (χ0) is 10.7. The number of halogens is 1. The third kappa shape index (κ3) is 2.43. The Bertz CT molecular complexity index is 469. The van der Waals surface area contributed by atoms with Gasteiger partial charge in [-0.25, -0.2) is 4.98 Å². The topological polar surface area (TPSA) is 42.0 Å². The highest BCUT2D eigenvalue weighted by molar-refractivity contribution is 9.10. The first-order valence-electron chi connectivity index (χ1n) is 4.23. The number of nitrogens with one attached hydrogen (secondary N) is 1. The molecular formula is C10H7BrN2OS. The Morgan fingerprint density at radius 2 is 2.27 bits per heavy atom. The van der Waals surface area contributed by atoms with Crippen molar-refractivity contribution in [2.45, 2.75) is 0 Å². The second-order valence-corrected chi connectivity index (χ2v) is 4.54. The van der Waals surface area contributed by atoms with E-state index < -0.39 is 0 Å². The van der Waals surface area contributed by atoms with Gasteiger partial charge < -0.3 is 5.32 Å². The Kier molecular flexibility index (Phi) is 3.13. The molecule has 1 amide bonds. The highest BCUT2D eigenvalue weighted by Crippen LogP contribution is 2.23. The summed E-state index contributed by atoms with van der Waals surface area (Å²) in [5, 5.41) is 4.57. The monoisotopic (exact) mass is 282 g/mol. The van der Waals surface area contributed by atoms with Crippen LogP contribution < -0.4 is 5.32 Å². The number of rotatable bonds is 2. The summed E-state index contributed by atoms with van der Waals surface area (Å²) in [6, 6.07) is 7.22. The van der Waals surface area contributed by atoms with Crippen LogP contribution in [-0.2, 0) is 0 Å². The second-order valence-electron chi connectivity index (χ2n) is 2.77. The Morgan fingerprint density at radius 3 is 2.87 bits per heavy atom. The Hall–Kier alpha value is -1.20. The average molecular weight is 283 g/mol. The van der Waals surface area contributed by atoms with Gasteiger partial charge in [0.1, 0.15) is 10.7 Å². The zero-order valence-corrected chi connectivity index (χ0v) is 10.0. The van der Waals surface area contributed by atoms with Crippen molar-refractivity contribution < 1.29 is 4.79 Å². The van der Waals surface area contributed by atoms with Crippen LogP contribution in [0.4, 0.5) is 5.82 Å². The molecule has 2 aromatic heterocycles. The molecule has 15 heavy (non-hydrogen) atoms. The van der Waals surface area contributed by atoms with Crippen LogP contribution in [0.3, 0.4) is 0 Å². The molecule has 0 aliphatic rings. The highest BCUT2D eigenvalue weighted by Gasteiger charge is 2.11. The number of thiophene rings is 1. The van der Waals surface area contributed by atoms with Crippen molar-refractivity contribution >= 4 is 39.0 Å². The van der Waals surface area contributed by atoms with Gasteiger partial charge >= 0.3 is 0 Å².